The number of carbonyl (C=O) groups is 1. The third kappa shape index (κ3) is 25.9. The van der Waals surface area contributed by atoms with Crippen LogP contribution in [0.1, 0.15) is 46.5 Å². The lowest BCUT2D eigenvalue weighted by Gasteiger charge is -2.11. The summed E-state index contributed by atoms with van der Waals surface area (Å²) in [5, 5.41) is 0. The molecule has 0 aliphatic rings. The summed E-state index contributed by atoms with van der Waals surface area (Å²) in [5.41, 5.74) is 0. The van der Waals surface area contributed by atoms with Crippen LogP contribution in [0.3, 0.4) is 0 Å². The lowest BCUT2D eigenvalue weighted by Crippen LogP contribution is -2.18. The molecule has 0 aromatic carbocycles. The first-order valence-corrected chi connectivity index (χ1v) is 7.56. The highest BCUT2D eigenvalue weighted by molar-refractivity contribution is 5.71. The number of unbranched alkanes of at least 4 members (excludes halogenated alkanes) is 1. The first-order valence-electron chi connectivity index (χ1n) is 7.56. The van der Waals surface area contributed by atoms with Crippen LogP contribution < -0.4 is 0 Å². The largest absolute Gasteiger partial charge is 0.465 e. The maximum absolute atomic E-state index is 11.9. The molecule has 0 saturated heterocycles. The Labute approximate surface area is 138 Å². The SMILES string of the molecule is CCC(C)C(=O)OCC(C)CF.FCCCCC(F)(F)F.FCF. The van der Waals surface area contributed by atoms with Crippen LogP contribution in [0.15, 0.2) is 0 Å². The molecule has 0 aromatic heterocycles. The molecule has 0 N–H and O–H groups in total. The number of ether oxygens (including phenoxy) is 1. The van der Waals surface area contributed by atoms with Gasteiger partial charge in [0.2, 0.25) is 6.93 Å². The van der Waals surface area contributed by atoms with Gasteiger partial charge in [0.1, 0.15) is 0 Å². The van der Waals surface area contributed by atoms with Gasteiger partial charge in [0.05, 0.1) is 25.9 Å². The fourth-order valence-corrected chi connectivity index (χ4v) is 0.998. The third-order valence-corrected chi connectivity index (χ3v) is 2.63. The van der Waals surface area contributed by atoms with Crippen LogP contribution in [0.5, 0.6) is 0 Å². The van der Waals surface area contributed by atoms with E-state index in [9.17, 15) is 35.5 Å². The van der Waals surface area contributed by atoms with E-state index in [4.69, 9.17) is 4.74 Å². The van der Waals surface area contributed by atoms with Crippen LogP contribution in [0.2, 0.25) is 0 Å². The van der Waals surface area contributed by atoms with Gasteiger partial charge >= 0.3 is 12.1 Å². The minimum absolute atomic E-state index is 0.0134. The molecule has 0 bridgehead atoms. The van der Waals surface area contributed by atoms with Crippen molar-refractivity contribution in [2.45, 2.75) is 52.6 Å². The molecule has 2 unspecified atom stereocenters. The van der Waals surface area contributed by atoms with E-state index >= 15 is 0 Å². The average Bonchev–Trinajstić information content (AvgIpc) is 2.51. The number of alkyl halides is 7. The molecule has 0 saturated carbocycles. The number of halogens is 7. The van der Waals surface area contributed by atoms with Crippen molar-refractivity contribution in [3.05, 3.63) is 0 Å². The molecular formula is C15H27F7O2. The smallest absolute Gasteiger partial charge is 0.389 e. The monoisotopic (exact) mass is 372 g/mol. The van der Waals surface area contributed by atoms with Crippen LogP contribution in [0, 0.1) is 11.8 Å². The van der Waals surface area contributed by atoms with E-state index < -0.39 is 32.9 Å². The van der Waals surface area contributed by atoms with Crippen molar-refractivity contribution in [1.29, 1.82) is 0 Å². The Kier molecular flexibility index (Phi) is 21.2. The molecule has 9 heteroatoms. The molecule has 0 aromatic rings. The molecule has 2 atom stereocenters. The van der Waals surface area contributed by atoms with Gasteiger partial charge in [-0.3, -0.25) is 13.6 Å². The molecule has 0 amide bonds. The Morgan fingerprint density at radius 1 is 1.04 bits per heavy atom. The van der Waals surface area contributed by atoms with Crippen molar-refractivity contribution in [3.8, 4) is 0 Å². The molecule has 0 rings (SSSR count). The summed E-state index contributed by atoms with van der Waals surface area (Å²) < 4.78 is 81.0. The van der Waals surface area contributed by atoms with E-state index in [1.165, 1.54) is 0 Å². The zero-order valence-corrected chi connectivity index (χ0v) is 14.3. The summed E-state index contributed by atoms with van der Waals surface area (Å²) in [7, 11) is 0. The highest BCUT2D eigenvalue weighted by Gasteiger charge is 2.25. The van der Waals surface area contributed by atoms with Gasteiger partial charge < -0.3 is 4.74 Å². The number of esters is 1. The van der Waals surface area contributed by atoms with Crippen molar-refractivity contribution >= 4 is 5.97 Å². The van der Waals surface area contributed by atoms with Crippen molar-refractivity contribution in [3.63, 3.8) is 0 Å². The molecule has 0 aliphatic carbocycles. The molecule has 148 valence electrons. The van der Waals surface area contributed by atoms with Gasteiger partial charge in [-0.25, -0.2) is 8.78 Å². The fraction of sp³-hybridized carbons (Fsp3) is 0.933. The van der Waals surface area contributed by atoms with Crippen LogP contribution >= 0.6 is 0 Å². The molecule has 0 spiro atoms. The Morgan fingerprint density at radius 2 is 1.54 bits per heavy atom. The van der Waals surface area contributed by atoms with E-state index in [1.54, 1.807) is 6.92 Å². The predicted molar refractivity (Wildman–Crippen MR) is 78.5 cm³/mol. The van der Waals surface area contributed by atoms with Crippen LogP contribution in [-0.2, 0) is 9.53 Å². The zero-order chi connectivity index (χ0) is 19.6. The van der Waals surface area contributed by atoms with E-state index in [2.05, 4.69) is 0 Å². The molecule has 0 radical (unpaired) electrons. The first kappa shape index (κ1) is 27.8. The molecule has 24 heavy (non-hydrogen) atoms. The van der Waals surface area contributed by atoms with Crippen molar-refractivity contribution in [1.82, 2.24) is 0 Å². The van der Waals surface area contributed by atoms with Gasteiger partial charge in [0, 0.05) is 12.3 Å². The molecule has 0 heterocycles. The summed E-state index contributed by atoms with van der Waals surface area (Å²) in [6.07, 6.45) is -4.30. The summed E-state index contributed by atoms with van der Waals surface area (Å²) in [4.78, 5) is 11.0. The quantitative estimate of drug-likeness (QED) is 0.308. The molecular weight excluding hydrogens is 345 g/mol. The highest BCUT2D eigenvalue weighted by Crippen LogP contribution is 2.21. The maximum Gasteiger partial charge on any atom is 0.389 e. The summed E-state index contributed by atoms with van der Waals surface area (Å²) in [6.45, 7) is 2.79. The molecule has 0 aliphatic heterocycles. The summed E-state index contributed by atoms with van der Waals surface area (Å²) >= 11 is 0. The standard InChI is InChI=1S/C9H17FO2.C5H8F4.CH2F2/c1-4-8(3)9(11)12-6-7(2)5-10;6-4-2-1-3-5(7,8)9;2-1-3/h7-8H,4-6H2,1-3H3;1-4H2;1H2. The van der Waals surface area contributed by atoms with E-state index in [0.29, 0.717) is 0 Å². The van der Waals surface area contributed by atoms with Crippen molar-refractivity contribution in [2.75, 3.05) is 26.9 Å². The van der Waals surface area contributed by atoms with Gasteiger partial charge in [-0.05, 0) is 19.3 Å². The van der Waals surface area contributed by atoms with Gasteiger partial charge in [-0.1, -0.05) is 20.8 Å². The Balaban J connectivity index is -0.000000324. The fourth-order valence-electron chi connectivity index (χ4n) is 0.998. The van der Waals surface area contributed by atoms with Gasteiger partial charge in [-0.15, -0.1) is 0 Å². The number of hydrogen-bond acceptors (Lipinski definition) is 2. The maximum atomic E-state index is 11.9. The second-order valence-electron chi connectivity index (χ2n) is 5.06. The molecule has 0 fully saturated rings. The number of carbonyl (C=O) groups excluding carboxylic acids is 1. The average molecular weight is 372 g/mol. The van der Waals surface area contributed by atoms with Crippen LogP contribution in [-0.4, -0.2) is 39.0 Å². The van der Waals surface area contributed by atoms with Gasteiger partial charge in [-0.2, -0.15) is 13.2 Å². The topological polar surface area (TPSA) is 26.3 Å². The van der Waals surface area contributed by atoms with Crippen LogP contribution in [0.25, 0.3) is 0 Å². The highest BCUT2D eigenvalue weighted by atomic mass is 19.4. The minimum atomic E-state index is -4.12. The lowest BCUT2D eigenvalue weighted by molar-refractivity contribution is -0.149. The summed E-state index contributed by atoms with van der Waals surface area (Å²) in [6, 6.07) is 0. The first-order chi connectivity index (χ1) is 11.1. The van der Waals surface area contributed by atoms with Crippen molar-refractivity contribution < 1.29 is 40.3 Å². The Bertz CT molecular complexity index is 273. The van der Waals surface area contributed by atoms with Gasteiger partial charge in [0.15, 0.2) is 0 Å². The Morgan fingerprint density at radius 3 is 1.88 bits per heavy atom. The van der Waals surface area contributed by atoms with E-state index in [-0.39, 0.29) is 37.3 Å². The van der Waals surface area contributed by atoms with E-state index in [1.807, 2.05) is 13.8 Å². The second-order valence-corrected chi connectivity index (χ2v) is 5.06. The molecule has 2 nitrogen and oxygen atoms in total. The predicted octanol–water partition coefficient (Wildman–Crippen LogP) is 5.75. The summed E-state index contributed by atoms with van der Waals surface area (Å²) in [5.74, 6) is -0.479. The van der Waals surface area contributed by atoms with E-state index in [0.717, 1.165) is 6.42 Å². The third-order valence-electron chi connectivity index (χ3n) is 2.63. The number of rotatable bonds is 8. The normalized spacial score (nSPS) is 12.9. The van der Waals surface area contributed by atoms with Gasteiger partial charge in [0.25, 0.3) is 0 Å². The zero-order valence-electron chi connectivity index (χ0n) is 14.3. The lowest BCUT2D eigenvalue weighted by atomic mass is 10.1. The Hall–Kier alpha value is -1.02. The minimum Gasteiger partial charge on any atom is -0.465 e. The second kappa shape index (κ2) is 18.3. The van der Waals surface area contributed by atoms with Crippen molar-refractivity contribution in [2.24, 2.45) is 11.8 Å². The van der Waals surface area contributed by atoms with Crippen LogP contribution in [0.4, 0.5) is 30.7 Å². The number of hydrogen-bond donors (Lipinski definition) is 0.